The molecule has 0 amide bonds. The van der Waals surface area contributed by atoms with E-state index >= 15 is 0 Å². The van der Waals surface area contributed by atoms with Crippen LogP contribution in [0.3, 0.4) is 0 Å². The second kappa shape index (κ2) is 9.78. The van der Waals surface area contributed by atoms with Crippen molar-refractivity contribution in [2.75, 3.05) is 39.6 Å². The van der Waals surface area contributed by atoms with E-state index in [1.165, 1.54) is 0 Å². The van der Waals surface area contributed by atoms with Gasteiger partial charge in [0.1, 0.15) is 0 Å². The van der Waals surface area contributed by atoms with Crippen molar-refractivity contribution in [3.63, 3.8) is 0 Å². The van der Waals surface area contributed by atoms with Gasteiger partial charge in [-0.3, -0.25) is 0 Å². The van der Waals surface area contributed by atoms with Crippen molar-refractivity contribution in [2.24, 2.45) is 5.73 Å². The van der Waals surface area contributed by atoms with Crippen molar-refractivity contribution in [2.45, 2.75) is 25.3 Å². The summed E-state index contributed by atoms with van der Waals surface area (Å²) in [6.07, 6.45) is 3.86. The van der Waals surface area contributed by atoms with E-state index in [4.69, 9.17) is 10.5 Å². The molecule has 7 heteroatoms. The van der Waals surface area contributed by atoms with Crippen LogP contribution in [-0.4, -0.2) is 54.1 Å². The van der Waals surface area contributed by atoms with Gasteiger partial charge in [0.25, 0.3) is 0 Å². The van der Waals surface area contributed by atoms with Crippen LogP contribution in [0.4, 0.5) is 0 Å². The molecule has 0 fully saturated rings. The Hall–Kier alpha value is -0.210. The third kappa shape index (κ3) is 12.0. The van der Waals surface area contributed by atoms with Gasteiger partial charge in [0.15, 0.2) is 0 Å². The summed E-state index contributed by atoms with van der Waals surface area (Å²) in [5.74, 6) is 0. The van der Waals surface area contributed by atoms with Crippen LogP contribution < -0.4 is 15.8 Å². The molecule has 0 saturated heterocycles. The molecule has 0 rings (SSSR count). The largest absolute Gasteiger partial charge is 0.383 e. The zero-order chi connectivity index (χ0) is 13.1. The number of ether oxygens (including phenoxy) is 1. The van der Waals surface area contributed by atoms with Crippen LogP contribution in [0.5, 0.6) is 0 Å². The number of nitrogens with one attached hydrogen (secondary N) is 2. The predicted octanol–water partition coefficient (Wildman–Crippen LogP) is -0.731. The molecule has 0 heterocycles. The Bertz CT molecular complexity index is 270. The minimum atomic E-state index is -3.07. The Morgan fingerprint density at radius 3 is 2.53 bits per heavy atom. The number of nitrogens with two attached hydrogens (primary N) is 1. The van der Waals surface area contributed by atoms with E-state index in [0.717, 1.165) is 32.1 Å². The molecule has 0 aromatic heterocycles. The maximum Gasteiger partial charge on any atom is 0.208 e. The van der Waals surface area contributed by atoms with Crippen LogP contribution in [0, 0.1) is 0 Å². The fourth-order valence-corrected chi connectivity index (χ4v) is 1.98. The third-order valence-corrected chi connectivity index (χ3v) is 3.00. The molecule has 0 spiro atoms. The molecule has 0 aliphatic rings. The number of hydrogen-bond donors (Lipinski definition) is 3. The predicted molar refractivity (Wildman–Crippen MR) is 69.4 cm³/mol. The highest BCUT2D eigenvalue weighted by molar-refractivity contribution is 7.88. The van der Waals surface area contributed by atoms with Crippen LogP contribution in [0.1, 0.15) is 19.3 Å². The van der Waals surface area contributed by atoms with Gasteiger partial charge in [0, 0.05) is 19.7 Å². The van der Waals surface area contributed by atoms with Gasteiger partial charge >= 0.3 is 0 Å². The Morgan fingerprint density at radius 1 is 1.29 bits per heavy atom. The van der Waals surface area contributed by atoms with Crippen molar-refractivity contribution in [3.05, 3.63) is 0 Å². The summed E-state index contributed by atoms with van der Waals surface area (Å²) in [6.45, 7) is 2.56. The molecule has 0 aliphatic carbocycles. The van der Waals surface area contributed by atoms with Gasteiger partial charge in [0.2, 0.25) is 10.0 Å². The first-order valence-corrected chi connectivity index (χ1v) is 7.75. The molecule has 0 aromatic rings. The quantitative estimate of drug-likeness (QED) is 0.429. The molecular weight excluding hydrogens is 242 g/mol. The lowest BCUT2D eigenvalue weighted by molar-refractivity contribution is 0.161. The minimum Gasteiger partial charge on any atom is -0.383 e. The molecule has 6 nitrogen and oxygen atoms in total. The van der Waals surface area contributed by atoms with Crippen molar-refractivity contribution < 1.29 is 13.2 Å². The number of sulfonamides is 1. The standard InChI is InChI=1S/C10H25N3O3S/c1-16-9-10(5-3-6-11)12-7-4-8-13-17(2,14)15/h10,12-13H,3-9,11H2,1-2H3. The average molecular weight is 267 g/mol. The molecular formula is C10H25N3O3S. The Balaban J connectivity index is 3.60. The Morgan fingerprint density at radius 2 is 2.00 bits per heavy atom. The summed E-state index contributed by atoms with van der Waals surface area (Å²) in [6, 6.07) is 0.293. The second-order valence-electron chi connectivity index (χ2n) is 4.06. The van der Waals surface area contributed by atoms with Gasteiger partial charge in [-0.25, -0.2) is 13.1 Å². The summed E-state index contributed by atoms with van der Waals surface area (Å²) in [4.78, 5) is 0. The van der Waals surface area contributed by atoms with Crippen LogP contribution in [0.15, 0.2) is 0 Å². The normalized spacial score (nSPS) is 13.8. The number of rotatable bonds is 11. The highest BCUT2D eigenvalue weighted by atomic mass is 32.2. The van der Waals surface area contributed by atoms with Crippen molar-refractivity contribution in [1.29, 1.82) is 0 Å². The van der Waals surface area contributed by atoms with E-state index in [2.05, 4.69) is 10.0 Å². The van der Waals surface area contributed by atoms with Gasteiger partial charge in [-0.15, -0.1) is 0 Å². The first-order valence-electron chi connectivity index (χ1n) is 5.86. The second-order valence-corrected chi connectivity index (χ2v) is 5.89. The topological polar surface area (TPSA) is 93.4 Å². The smallest absolute Gasteiger partial charge is 0.208 e. The molecule has 0 aliphatic heterocycles. The zero-order valence-corrected chi connectivity index (χ0v) is 11.6. The van der Waals surface area contributed by atoms with E-state index in [1.54, 1.807) is 7.11 Å². The molecule has 0 radical (unpaired) electrons. The highest BCUT2D eigenvalue weighted by Gasteiger charge is 2.06. The fraction of sp³-hybridized carbons (Fsp3) is 1.00. The molecule has 1 unspecified atom stereocenters. The monoisotopic (exact) mass is 267 g/mol. The van der Waals surface area contributed by atoms with E-state index in [-0.39, 0.29) is 0 Å². The SMILES string of the molecule is COCC(CCCN)NCCCNS(C)(=O)=O. The molecule has 1 atom stereocenters. The zero-order valence-electron chi connectivity index (χ0n) is 10.7. The minimum absolute atomic E-state index is 0.293. The first kappa shape index (κ1) is 16.8. The molecule has 104 valence electrons. The third-order valence-electron chi connectivity index (χ3n) is 2.28. The van der Waals surface area contributed by atoms with Gasteiger partial charge in [-0.05, 0) is 32.4 Å². The summed E-state index contributed by atoms with van der Waals surface area (Å²) in [7, 11) is -1.40. The molecule has 0 aromatic carbocycles. The van der Waals surface area contributed by atoms with Gasteiger partial charge < -0.3 is 15.8 Å². The number of hydrogen-bond acceptors (Lipinski definition) is 5. The number of methoxy groups -OCH3 is 1. The van der Waals surface area contributed by atoms with Crippen LogP contribution in [0.25, 0.3) is 0 Å². The van der Waals surface area contributed by atoms with Crippen molar-refractivity contribution >= 4 is 10.0 Å². The summed E-state index contributed by atoms with van der Waals surface area (Å²) in [5.41, 5.74) is 5.45. The lowest BCUT2D eigenvalue weighted by Gasteiger charge is -2.17. The molecule has 17 heavy (non-hydrogen) atoms. The first-order chi connectivity index (χ1) is 7.99. The highest BCUT2D eigenvalue weighted by Crippen LogP contribution is 1.96. The molecule has 0 bridgehead atoms. The van der Waals surface area contributed by atoms with Crippen LogP contribution >= 0.6 is 0 Å². The Kier molecular flexibility index (Phi) is 9.66. The molecule has 0 saturated carbocycles. The average Bonchev–Trinajstić information content (AvgIpc) is 2.23. The summed E-state index contributed by atoms with van der Waals surface area (Å²) >= 11 is 0. The van der Waals surface area contributed by atoms with Gasteiger partial charge in [-0.1, -0.05) is 0 Å². The van der Waals surface area contributed by atoms with Crippen LogP contribution in [0.2, 0.25) is 0 Å². The van der Waals surface area contributed by atoms with Crippen LogP contribution in [-0.2, 0) is 14.8 Å². The van der Waals surface area contributed by atoms with Crippen molar-refractivity contribution in [1.82, 2.24) is 10.0 Å². The van der Waals surface area contributed by atoms with E-state index in [0.29, 0.717) is 25.7 Å². The summed E-state index contributed by atoms with van der Waals surface area (Å²) < 4.78 is 29.2. The lowest BCUT2D eigenvalue weighted by Crippen LogP contribution is -2.36. The van der Waals surface area contributed by atoms with Crippen molar-refractivity contribution in [3.8, 4) is 0 Å². The molecule has 4 N–H and O–H groups in total. The Labute approximate surface area is 104 Å². The lowest BCUT2D eigenvalue weighted by atomic mass is 10.1. The van der Waals surface area contributed by atoms with Gasteiger partial charge in [-0.2, -0.15) is 0 Å². The van der Waals surface area contributed by atoms with Gasteiger partial charge in [0.05, 0.1) is 12.9 Å². The maximum atomic E-state index is 10.8. The maximum absolute atomic E-state index is 10.8. The van der Waals surface area contributed by atoms with E-state index < -0.39 is 10.0 Å². The fourth-order valence-electron chi connectivity index (χ4n) is 1.46. The van der Waals surface area contributed by atoms with E-state index in [1.807, 2.05) is 0 Å². The van der Waals surface area contributed by atoms with E-state index in [9.17, 15) is 8.42 Å². The summed E-state index contributed by atoms with van der Waals surface area (Å²) in [5, 5.41) is 3.33.